The summed E-state index contributed by atoms with van der Waals surface area (Å²) in [7, 11) is 0. The first-order valence-corrected chi connectivity index (χ1v) is 8.88. The minimum Gasteiger partial charge on any atom is -0.384 e. The van der Waals surface area contributed by atoms with Gasteiger partial charge >= 0.3 is 0 Å². The lowest BCUT2D eigenvalue weighted by molar-refractivity contribution is 0.0635. The van der Waals surface area contributed by atoms with E-state index >= 15 is 0 Å². The summed E-state index contributed by atoms with van der Waals surface area (Å²) in [5, 5.41) is 6.99. The summed E-state index contributed by atoms with van der Waals surface area (Å²) in [6, 6.07) is 3.69. The van der Waals surface area contributed by atoms with Crippen molar-refractivity contribution in [2.75, 3.05) is 12.3 Å². The quantitative estimate of drug-likeness (QED) is 0.772. The molecule has 2 N–H and O–H groups in total. The van der Waals surface area contributed by atoms with E-state index in [0.717, 1.165) is 24.4 Å². The SMILES string of the molecule is CC1CCCCN1C(=O)c1cc(N)n2nc(-c3nccs3)nc2c1. The number of nitrogen functional groups attached to an aromatic ring is 1. The molecule has 8 heteroatoms. The molecule has 0 aliphatic carbocycles. The van der Waals surface area contributed by atoms with Crippen LogP contribution in [-0.4, -0.2) is 43.0 Å². The van der Waals surface area contributed by atoms with Gasteiger partial charge in [0.25, 0.3) is 5.91 Å². The fraction of sp³-hybridized carbons (Fsp3) is 0.375. The van der Waals surface area contributed by atoms with Gasteiger partial charge in [-0.05, 0) is 38.3 Å². The molecule has 3 aromatic heterocycles. The van der Waals surface area contributed by atoms with Crippen LogP contribution in [0.25, 0.3) is 16.5 Å². The highest BCUT2D eigenvalue weighted by Gasteiger charge is 2.25. The van der Waals surface area contributed by atoms with E-state index in [1.807, 2.05) is 10.3 Å². The molecule has 4 rings (SSSR count). The van der Waals surface area contributed by atoms with Crippen molar-refractivity contribution >= 4 is 28.7 Å². The number of likely N-dealkylation sites (tertiary alicyclic amines) is 1. The van der Waals surface area contributed by atoms with Crippen LogP contribution >= 0.6 is 11.3 Å². The lowest BCUT2D eigenvalue weighted by atomic mass is 10.0. The maximum atomic E-state index is 12.8. The lowest BCUT2D eigenvalue weighted by Crippen LogP contribution is -2.42. The minimum atomic E-state index is 0.00944. The van der Waals surface area contributed by atoms with Crippen LogP contribution in [0.1, 0.15) is 36.5 Å². The second-order valence-corrected chi connectivity index (χ2v) is 6.95. The Balaban J connectivity index is 1.73. The molecule has 0 aromatic carbocycles. The molecule has 4 heterocycles. The lowest BCUT2D eigenvalue weighted by Gasteiger charge is -2.33. The van der Waals surface area contributed by atoms with Gasteiger partial charge < -0.3 is 10.6 Å². The topological polar surface area (TPSA) is 89.4 Å². The van der Waals surface area contributed by atoms with Crippen molar-refractivity contribution in [2.45, 2.75) is 32.2 Å². The first kappa shape index (κ1) is 15.1. The molecular weight excluding hydrogens is 324 g/mol. The summed E-state index contributed by atoms with van der Waals surface area (Å²) in [5.41, 5.74) is 7.22. The Morgan fingerprint density at radius 1 is 1.38 bits per heavy atom. The van der Waals surface area contributed by atoms with E-state index in [9.17, 15) is 4.79 Å². The zero-order valence-corrected chi connectivity index (χ0v) is 14.2. The first-order valence-electron chi connectivity index (χ1n) is 8.00. The van der Waals surface area contributed by atoms with Gasteiger partial charge in [-0.1, -0.05) is 0 Å². The number of piperidine rings is 1. The summed E-state index contributed by atoms with van der Waals surface area (Å²) in [4.78, 5) is 23.5. The third-order valence-corrected chi connectivity index (χ3v) is 5.17. The van der Waals surface area contributed by atoms with Crippen molar-refractivity contribution in [3.05, 3.63) is 29.3 Å². The van der Waals surface area contributed by atoms with Crippen molar-refractivity contribution in [1.82, 2.24) is 24.5 Å². The Morgan fingerprint density at radius 2 is 2.25 bits per heavy atom. The number of hydrogen-bond acceptors (Lipinski definition) is 6. The van der Waals surface area contributed by atoms with Gasteiger partial charge in [0.1, 0.15) is 5.82 Å². The fourth-order valence-electron chi connectivity index (χ4n) is 3.12. The number of carbonyl (C=O) groups excluding carboxylic acids is 1. The molecule has 0 bridgehead atoms. The van der Waals surface area contributed by atoms with Crippen LogP contribution in [0.2, 0.25) is 0 Å². The number of rotatable bonds is 2. The molecule has 1 atom stereocenters. The van der Waals surface area contributed by atoms with Crippen molar-refractivity contribution < 1.29 is 4.79 Å². The van der Waals surface area contributed by atoms with Crippen LogP contribution in [-0.2, 0) is 0 Å². The molecule has 1 fully saturated rings. The average Bonchev–Trinajstić information content (AvgIpc) is 3.23. The number of thiazole rings is 1. The molecule has 124 valence electrons. The third-order valence-electron chi connectivity index (χ3n) is 4.40. The largest absolute Gasteiger partial charge is 0.384 e. The molecular formula is C16H18N6OS. The zero-order valence-electron chi connectivity index (χ0n) is 13.3. The highest BCUT2D eigenvalue weighted by Crippen LogP contribution is 2.23. The highest BCUT2D eigenvalue weighted by molar-refractivity contribution is 7.13. The Labute approximate surface area is 143 Å². The van der Waals surface area contributed by atoms with E-state index in [2.05, 4.69) is 22.0 Å². The van der Waals surface area contributed by atoms with Gasteiger partial charge in [-0.2, -0.15) is 4.52 Å². The van der Waals surface area contributed by atoms with E-state index in [4.69, 9.17) is 5.73 Å². The smallest absolute Gasteiger partial charge is 0.254 e. The maximum absolute atomic E-state index is 12.8. The number of anilines is 1. The molecule has 3 aromatic rings. The molecule has 1 aliphatic rings. The molecule has 1 unspecified atom stereocenters. The second-order valence-electron chi connectivity index (χ2n) is 6.05. The van der Waals surface area contributed by atoms with Gasteiger partial charge in [0.2, 0.25) is 5.82 Å². The van der Waals surface area contributed by atoms with Gasteiger partial charge in [-0.25, -0.2) is 9.97 Å². The number of nitrogens with zero attached hydrogens (tertiary/aromatic N) is 5. The first-order chi connectivity index (χ1) is 11.6. The van der Waals surface area contributed by atoms with E-state index in [1.165, 1.54) is 17.8 Å². The van der Waals surface area contributed by atoms with Crippen LogP contribution in [0.15, 0.2) is 23.7 Å². The zero-order chi connectivity index (χ0) is 16.7. The Kier molecular flexibility index (Phi) is 3.68. The number of aromatic nitrogens is 4. The molecule has 7 nitrogen and oxygen atoms in total. The molecule has 1 amide bonds. The Morgan fingerprint density at radius 3 is 3.00 bits per heavy atom. The number of pyridine rings is 1. The van der Waals surface area contributed by atoms with Gasteiger partial charge in [0.15, 0.2) is 10.7 Å². The van der Waals surface area contributed by atoms with Crippen molar-refractivity contribution in [2.24, 2.45) is 0 Å². The highest BCUT2D eigenvalue weighted by atomic mass is 32.1. The van der Waals surface area contributed by atoms with Crippen LogP contribution in [0.5, 0.6) is 0 Å². The Bertz CT molecular complexity index is 887. The number of hydrogen-bond donors (Lipinski definition) is 1. The molecule has 0 radical (unpaired) electrons. The van der Waals surface area contributed by atoms with E-state index in [1.54, 1.807) is 22.8 Å². The van der Waals surface area contributed by atoms with Crippen LogP contribution in [0.3, 0.4) is 0 Å². The van der Waals surface area contributed by atoms with Gasteiger partial charge in [-0.15, -0.1) is 16.4 Å². The van der Waals surface area contributed by atoms with Gasteiger partial charge in [0, 0.05) is 29.7 Å². The number of carbonyl (C=O) groups is 1. The predicted octanol–water partition coefficient (Wildman–Crippen LogP) is 2.45. The van der Waals surface area contributed by atoms with Crippen molar-refractivity contribution in [3.8, 4) is 10.8 Å². The summed E-state index contributed by atoms with van der Waals surface area (Å²) in [5.74, 6) is 0.929. The molecule has 24 heavy (non-hydrogen) atoms. The summed E-state index contributed by atoms with van der Waals surface area (Å²) >= 11 is 1.47. The second kappa shape index (κ2) is 5.86. The predicted molar refractivity (Wildman–Crippen MR) is 92.9 cm³/mol. The van der Waals surface area contributed by atoms with Gasteiger partial charge in [-0.3, -0.25) is 4.79 Å². The normalized spacial score (nSPS) is 18.2. The molecule has 1 saturated heterocycles. The average molecular weight is 342 g/mol. The summed E-state index contributed by atoms with van der Waals surface area (Å²) in [6.45, 7) is 2.89. The number of nitrogens with two attached hydrogens (primary N) is 1. The van der Waals surface area contributed by atoms with Crippen LogP contribution < -0.4 is 5.73 Å². The molecule has 0 spiro atoms. The number of amides is 1. The standard InChI is InChI=1S/C16H18N6OS/c1-10-4-2-3-6-21(10)16(23)11-8-12(17)22-13(9-11)19-14(20-22)15-18-5-7-24-15/h5,7-10H,2-4,6,17H2,1H3. The molecule has 1 aliphatic heterocycles. The maximum Gasteiger partial charge on any atom is 0.254 e. The van der Waals surface area contributed by atoms with Crippen LogP contribution in [0, 0.1) is 0 Å². The number of fused-ring (bicyclic) bond motifs is 1. The monoisotopic (exact) mass is 342 g/mol. The van der Waals surface area contributed by atoms with Gasteiger partial charge in [0.05, 0.1) is 0 Å². The molecule has 0 saturated carbocycles. The third kappa shape index (κ3) is 2.52. The van der Waals surface area contributed by atoms with E-state index in [-0.39, 0.29) is 11.9 Å². The van der Waals surface area contributed by atoms with Crippen molar-refractivity contribution in [3.63, 3.8) is 0 Å². The minimum absolute atomic E-state index is 0.00944. The fourth-order valence-corrected chi connectivity index (χ4v) is 3.69. The van der Waals surface area contributed by atoms with E-state index in [0.29, 0.717) is 22.9 Å². The summed E-state index contributed by atoms with van der Waals surface area (Å²) < 4.78 is 1.55. The van der Waals surface area contributed by atoms with Crippen LogP contribution in [0.4, 0.5) is 5.82 Å². The summed E-state index contributed by atoms with van der Waals surface area (Å²) in [6.07, 6.45) is 4.98. The van der Waals surface area contributed by atoms with E-state index < -0.39 is 0 Å². The Hall–Kier alpha value is -2.48. The van der Waals surface area contributed by atoms with Crippen molar-refractivity contribution in [1.29, 1.82) is 0 Å².